The Morgan fingerprint density at radius 2 is 2.00 bits per heavy atom. The molecule has 5 heteroatoms. The van der Waals surface area contributed by atoms with Gasteiger partial charge in [0.25, 0.3) is 0 Å². The fraction of sp³-hybridized carbons (Fsp3) is 0. The van der Waals surface area contributed by atoms with Gasteiger partial charge in [0.15, 0.2) is 0 Å². The highest BCUT2D eigenvalue weighted by Crippen LogP contribution is 2.12. The van der Waals surface area contributed by atoms with Crippen LogP contribution in [0, 0.1) is 0 Å². The average molecular weight is 178 g/mol. The predicted molar refractivity (Wildman–Crippen MR) is 51.5 cm³/mol. The van der Waals surface area contributed by atoms with Gasteiger partial charge in [-0.25, -0.2) is 0 Å². The summed E-state index contributed by atoms with van der Waals surface area (Å²) in [4.78, 5) is 0. The lowest BCUT2D eigenvalue weighted by Gasteiger charge is -1.94. The molecule has 0 aliphatic carbocycles. The molecule has 1 rings (SSSR count). The van der Waals surface area contributed by atoms with Gasteiger partial charge in [0.2, 0.25) is 5.96 Å². The van der Waals surface area contributed by atoms with E-state index in [2.05, 4.69) is 10.2 Å². The minimum atomic E-state index is -0.119. The topological polar surface area (TPSA) is 97.0 Å². The van der Waals surface area contributed by atoms with Crippen molar-refractivity contribution >= 4 is 12.2 Å². The van der Waals surface area contributed by atoms with Crippen LogP contribution >= 0.6 is 0 Å². The predicted octanol–water partition coefficient (Wildman–Crippen LogP) is -0.000500. The lowest BCUT2D eigenvalue weighted by atomic mass is 10.2. The highest BCUT2D eigenvalue weighted by Gasteiger charge is 1.93. The van der Waals surface area contributed by atoms with Crippen LogP contribution in [0.15, 0.2) is 34.5 Å². The molecule has 68 valence electrons. The number of hydrogen-bond acceptors (Lipinski definition) is 3. The number of guanidine groups is 1. The summed E-state index contributed by atoms with van der Waals surface area (Å²) < 4.78 is 0. The Bertz CT molecular complexity index is 342. The first kappa shape index (κ1) is 9.05. The third-order valence-electron chi connectivity index (χ3n) is 1.31. The number of nitrogens with two attached hydrogens (primary N) is 2. The van der Waals surface area contributed by atoms with Gasteiger partial charge in [-0.1, -0.05) is 12.1 Å². The molecule has 0 saturated heterocycles. The summed E-state index contributed by atoms with van der Waals surface area (Å²) in [5, 5.41) is 16.2. The van der Waals surface area contributed by atoms with Gasteiger partial charge in [0, 0.05) is 5.56 Å². The molecule has 0 aliphatic rings. The van der Waals surface area contributed by atoms with E-state index < -0.39 is 0 Å². The summed E-state index contributed by atoms with van der Waals surface area (Å²) in [7, 11) is 0. The Labute approximate surface area is 75.4 Å². The zero-order valence-electron chi connectivity index (χ0n) is 6.88. The van der Waals surface area contributed by atoms with E-state index in [1.807, 2.05) is 0 Å². The van der Waals surface area contributed by atoms with Crippen molar-refractivity contribution in [2.24, 2.45) is 21.7 Å². The van der Waals surface area contributed by atoms with E-state index in [4.69, 9.17) is 11.5 Å². The van der Waals surface area contributed by atoms with Crippen LogP contribution in [-0.2, 0) is 0 Å². The first-order valence-electron chi connectivity index (χ1n) is 3.60. The van der Waals surface area contributed by atoms with Crippen LogP contribution in [0.5, 0.6) is 5.75 Å². The highest BCUT2D eigenvalue weighted by molar-refractivity contribution is 5.84. The molecule has 0 spiro atoms. The van der Waals surface area contributed by atoms with Crippen molar-refractivity contribution in [3.05, 3.63) is 29.8 Å². The monoisotopic (exact) mass is 178 g/mol. The second kappa shape index (κ2) is 4.10. The lowest BCUT2D eigenvalue weighted by molar-refractivity contribution is 0.474. The zero-order valence-corrected chi connectivity index (χ0v) is 6.88. The molecule has 0 fully saturated rings. The van der Waals surface area contributed by atoms with Crippen molar-refractivity contribution in [3.63, 3.8) is 0 Å². The molecule has 0 unspecified atom stereocenters. The molecular weight excluding hydrogens is 168 g/mol. The molecular formula is C8H10N4O. The molecule has 0 bridgehead atoms. The van der Waals surface area contributed by atoms with Crippen LogP contribution in [0.1, 0.15) is 5.56 Å². The lowest BCUT2D eigenvalue weighted by Crippen LogP contribution is -2.21. The second-order valence-electron chi connectivity index (χ2n) is 2.33. The van der Waals surface area contributed by atoms with Crippen LogP contribution < -0.4 is 11.5 Å². The van der Waals surface area contributed by atoms with Crippen LogP contribution in [0.25, 0.3) is 0 Å². The Hall–Kier alpha value is -2.04. The summed E-state index contributed by atoms with van der Waals surface area (Å²) in [6.45, 7) is 0. The van der Waals surface area contributed by atoms with Crippen LogP contribution in [0.3, 0.4) is 0 Å². The van der Waals surface area contributed by atoms with Gasteiger partial charge < -0.3 is 16.6 Å². The van der Waals surface area contributed by atoms with Crippen molar-refractivity contribution < 1.29 is 5.11 Å². The van der Waals surface area contributed by atoms with Gasteiger partial charge in [0.05, 0.1) is 6.21 Å². The Morgan fingerprint density at radius 1 is 1.31 bits per heavy atom. The molecule has 0 amide bonds. The first-order valence-corrected chi connectivity index (χ1v) is 3.60. The highest BCUT2D eigenvalue weighted by atomic mass is 16.3. The smallest absolute Gasteiger partial charge is 0.211 e. The van der Waals surface area contributed by atoms with Crippen molar-refractivity contribution in [2.45, 2.75) is 0 Å². The first-order chi connectivity index (χ1) is 6.20. The second-order valence-corrected chi connectivity index (χ2v) is 2.33. The zero-order chi connectivity index (χ0) is 9.68. The van der Waals surface area contributed by atoms with Crippen molar-refractivity contribution in [1.29, 1.82) is 0 Å². The minimum absolute atomic E-state index is 0.119. The summed E-state index contributed by atoms with van der Waals surface area (Å²) in [6, 6.07) is 6.74. The quantitative estimate of drug-likeness (QED) is 0.338. The van der Waals surface area contributed by atoms with Gasteiger partial charge in [-0.3, -0.25) is 0 Å². The maximum absolute atomic E-state index is 9.27. The van der Waals surface area contributed by atoms with E-state index >= 15 is 0 Å². The number of rotatable bonds is 2. The average Bonchev–Trinajstić information content (AvgIpc) is 2.08. The van der Waals surface area contributed by atoms with Gasteiger partial charge in [0.1, 0.15) is 5.75 Å². The number of phenolic OH excluding ortho intramolecular Hbond substituents is 1. The Balaban J connectivity index is 2.80. The normalized spacial score (nSPS) is 10.2. The summed E-state index contributed by atoms with van der Waals surface area (Å²) in [5.74, 6) is 0.0173. The van der Waals surface area contributed by atoms with Crippen molar-refractivity contribution in [1.82, 2.24) is 0 Å². The van der Waals surface area contributed by atoms with Gasteiger partial charge in [-0.15, -0.1) is 5.10 Å². The molecule has 0 radical (unpaired) electrons. The number of phenols is 1. The maximum Gasteiger partial charge on any atom is 0.211 e. The van der Waals surface area contributed by atoms with Crippen molar-refractivity contribution in [3.8, 4) is 5.75 Å². The van der Waals surface area contributed by atoms with E-state index in [1.165, 1.54) is 6.21 Å². The molecule has 1 aromatic carbocycles. The third-order valence-corrected chi connectivity index (χ3v) is 1.31. The molecule has 0 saturated carbocycles. The van der Waals surface area contributed by atoms with Gasteiger partial charge in [-0.2, -0.15) is 5.10 Å². The molecule has 0 aromatic heterocycles. The molecule has 5 nitrogen and oxygen atoms in total. The number of aromatic hydroxyl groups is 1. The maximum atomic E-state index is 9.27. The van der Waals surface area contributed by atoms with Crippen LogP contribution in [0.2, 0.25) is 0 Å². The Kier molecular flexibility index (Phi) is 2.86. The summed E-state index contributed by atoms with van der Waals surface area (Å²) >= 11 is 0. The van der Waals surface area contributed by atoms with E-state index in [9.17, 15) is 5.11 Å². The fourth-order valence-electron chi connectivity index (χ4n) is 0.754. The number of benzene rings is 1. The SMILES string of the molecule is NC(N)=N/N=C\c1ccccc1O. The van der Waals surface area contributed by atoms with Crippen molar-refractivity contribution in [2.75, 3.05) is 0 Å². The van der Waals surface area contributed by atoms with E-state index in [1.54, 1.807) is 24.3 Å². The molecule has 5 N–H and O–H groups in total. The van der Waals surface area contributed by atoms with Gasteiger partial charge >= 0.3 is 0 Å². The Morgan fingerprint density at radius 3 is 2.62 bits per heavy atom. The standard InChI is InChI=1S/C8H10N4O/c9-8(10)12-11-5-6-3-1-2-4-7(6)13/h1-5,13H,(H4,9,10,12)/b11-5-. The number of hydrogen-bond donors (Lipinski definition) is 3. The third kappa shape index (κ3) is 2.82. The molecule has 0 aliphatic heterocycles. The van der Waals surface area contributed by atoms with Crippen LogP contribution in [-0.4, -0.2) is 17.3 Å². The van der Waals surface area contributed by atoms with E-state index in [0.717, 1.165) is 0 Å². The molecule has 0 heterocycles. The van der Waals surface area contributed by atoms with Crippen LogP contribution in [0.4, 0.5) is 0 Å². The van der Waals surface area contributed by atoms with Gasteiger partial charge in [-0.05, 0) is 12.1 Å². The summed E-state index contributed by atoms with van der Waals surface area (Å²) in [5.41, 5.74) is 10.7. The molecule has 13 heavy (non-hydrogen) atoms. The van der Waals surface area contributed by atoms with E-state index in [-0.39, 0.29) is 11.7 Å². The number of nitrogens with zero attached hydrogens (tertiary/aromatic N) is 2. The minimum Gasteiger partial charge on any atom is -0.507 e. The number of para-hydroxylation sites is 1. The molecule has 0 atom stereocenters. The summed E-state index contributed by atoms with van der Waals surface area (Å²) in [6.07, 6.45) is 1.37. The fourth-order valence-corrected chi connectivity index (χ4v) is 0.754. The largest absolute Gasteiger partial charge is 0.507 e. The molecule has 1 aromatic rings. The van der Waals surface area contributed by atoms with E-state index in [0.29, 0.717) is 5.56 Å².